The van der Waals surface area contributed by atoms with Crippen LogP contribution in [-0.2, 0) is 0 Å². The SMILES string of the molecule is Cc1nnc(-c2ccccc2NC(=O)c2nc(-c3cccs3)oc2C)o1. The fourth-order valence-electron chi connectivity index (χ4n) is 2.48. The molecule has 7 nitrogen and oxygen atoms in total. The first kappa shape index (κ1) is 16.2. The van der Waals surface area contributed by atoms with E-state index in [1.54, 1.807) is 26.0 Å². The van der Waals surface area contributed by atoms with Gasteiger partial charge in [0.05, 0.1) is 16.1 Å². The van der Waals surface area contributed by atoms with E-state index in [4.69, 9.17) is 8.83 Å². The minimum atomic E-state index is -0.363. The first-order valence-electron chi connectivity index (χ1n) is 7.84. The summed E-state index contributed by atoms with van der Waals surface area (Å²) in [7, 11) is 0. The van der Waals surface area contributed by atoms with Gasteiger partial charge in [-0.1, -0.05) is 18.2 Å². The Morgan fingerprint density at radius 3 is 2.62 bits per heavy atom. The predicted molar refractivity (Wildman–Crippen MR) is 97.0 cm³/mol. The highest BCUT2D eigenvalue weighted by atomic mass is 32.1. The van der Waals surface area contributed by atoms with Crippen LogP contribution in [-0.4, -0.2) is 21.1 Å². The highest BCUT2D eigenvalue weighted by Crippen LogP contribution is 2.29. The number of nitrogens with one attached hydrogen (secondary N) is 1. The molecule has 0 saturated carbocycles. The van der Waals surface area contributed by atoms with Crippen molar-refractivity contribution in [2.45, 2.75) is 13.8 Å². The number of hydrogen-bond acceptors (Lipinski definition) is 7. The summed E-state index contributed by atoms with van der Waals surface area (Å²) in [6, 6.07) is 11.0. The van der Waals surface area contributed by atoms with E-state index in [1.165, 1.54) is 11.3 Å². The number of aryl methyl sites for hydroxylation is 2. The van der Waals surface area contributed by atoms with E-state index in [2.05, 4.69) is 20.5 Å². The van der Waals surface area contributed by atoms with E-state index in [9.17, 15) is 4.79 Å². The molecule has 0 atom stereocenters. The number of carbonyl (C=O) groups is 1. The number of aromatic nitrogens is 3. The molecule has 4 rings (SSSR count). The lowest BCUT2D eigenvalue weighted by atomic mass is 10.1. The summed E-state index contributed by atoms with van der Waals surface area (Å²) >= 11 is 1.50. The molecule has 0 aliphatic carbocycles. The Morgan fingerprint density at radius 2 is 1.88 bits per heavy atom. The number of benzene rings is 1. The molecule has 0 aliphatic heterocycles. The summed E-state index contributed by atoms with van der Waals surface area (Å²) in [6.45, 7) is 3.43. The van der Waals surface area contributed by atoms with Crippen molar-refractivity contribution in [1.82, 2.24) is 15.2 Å². The molecule has 0 bridgehead atoms. The Labute approximate surface area is 152 Å². The number of amides is 1. The summed E-state index contributed by atoms with van der Waals surface area (Å²) in [5.41, 5.74) is 1.44. The highest BCUT2D eigenvalue weighted by Gasteiger charge is 2.20. The van der Waals surface area contributed by atoms with Crippen LogP contribution in [0.15, 0.2) is 50.6 Å². The van der Waals surface area contributed by atoms with Crippen molar-refractivity contribution in [3.05, 3.63) is 59.1 Å². The second-order valence-electron chi connectivity index (χ2n) is 5.53. The van der Waals surface area contributed by atoms with Gasteiger partial charge in [-0.3, -0.25) is 4.79 Å². The zero-order valence-corrected chi connectivity index (χ0v) is 14.8. The lowest BCUT2D eigenvalue weighted by Gasteiger charge is -2.07. The quantitative estimate of drug-likeness (QED) is 0.578. The van der Waals surface area contributed by atoms with Gasteiger partial charge in [-0.25, -0.2) is 4.98 Å². The number of rotatable bonds is 4. The molecule has 8 heteroatoms. The standard InChI is InChI=1S/C18H14N4O3S/c1-10-15(20-18(24-10)14-8-5-9-26-14)16(23)19-13-7-4-3-6-12(13)17-22-21-11(2)25-17/h3-9H,1-2H3,(H,19,23). The third-order valence-electron chi connectivity index (χ3n) is 3.68. The maximum absolute atomic E-state index is 12.7. The number of nitrogens with zero attached hydrogens (tertiary/aromatic N) is 3. The van der Waals surface area contributed by atoms with Gasteiger partial charge in [0.2, 0.25) is 17.7 Å². The van der Waals surface area contributed by atoms with Crippen LogP contribution in [0.2, 0.25) is 0 Å². The molecule has 3 aromatic heterocycles. The summed E-state index contributed by atoms with van der Waals surface area (Å²) in [6.07, 6.45) is 0. The number of anilines is 1. The third-order valence-corrected chi connectivity index (χ3v) is 4.53. The molecule has 0 fully saturated rings. The van der Waals surface area contributed by atoms with Crippen molar-refractivity contribution in [3.63, 3.8) is 0 Å². The molecule has 0 unspecified atom stereocenters. The molecule has 3 heterocycles. The van der Waals surface area contributed by atoms with Crippen molar-refractivity contribution in [1.29, 1.82) is 0 Å². The molecule has 0 radical (unpaired) electrons. The van der Waals surface area contributed by atoms with E-state index in [-0.39, 0.29) is 11.6 Å². The number of oxazole rings is 1. The van der Waals surface area contributed by atoms with E-state index in [0.29, 0.717) is 34.7 Å². The van der Waals surface area contributed by atoms with Gasteiger partial charge in [0, 0.05) is 6.92 Å². The Hall–Kier alpha value is -3.26. The highest BCUT2D eigenvalue weighted by molar-refractivity contribution is 7.13. The normalized spacial score (nSPS) is 10.8. The predicted octanol–water partition coefficient (Wildman–Crippen LogP) is 4.32. The lowest BCUT2D eigenvalue weighted by Crippen LogP contribution is -2.14. The second kappa shape index (κ2) is 6.57. The van der Waals surface area contributed by atoms with Crippen LogP contribution in [0.1, 0.15) is 22.1 Å². The number of hydrogen-bond donors (Lipinski definition) is 1. The average Bonchev–Trinajstić information content (AvgIpc) is 3.36. The molecule has 4 aromatic rings. The van der Waals surface area contributed by atoms with Gasteiger partial charge in [0.25, 0.3) is 5.91 Å². The smallest absolute Gasteiger partial charge is 0.277 e. The Balaban J connectivity index is 1.64. The van der Waals surface area contributed by atoms with E-state index >= 15 is 0 Å². The van der Waals surface area contributed by atoms with Crippen molar-refractivity contribution < 1.29 is 13.6 Å². The molecule has 0 aliphatic rings. The van der Waals surface area contributed by atoms with Gasteiger partial charge in [0.15, 0.2) is 5.69 Å². The van der Waals surface area contributed by atoms with E-state index < -0.39 is 0 Å². The molecule has 1 aromatic carbocycles. The second-order valence-corrected chi connectivity index (χ2v) is 6.47. The maximum atomic E-state index is 12.7. The molecule has 1 amide bonds. The minimum absolute atomic E-state index is 0.241. The molecule has 1 N–H and O–H groups in total. The fourth-order valence-corrected chi connectivity index (χ4v) is 3.13. The number of thiophene rings is 1. The van der Waals surface area contributed by atoms with Crippen LogP contribution in [0.5, 0.6) is 0 Å². The van der Waals surface area contributed by atoms with Gasteiger partial charge in [-0.2, -0.15) is 0 Å². The fraction of sp³-hybridized carbons (Fsp3) is 0.111. The zero-order valence-electron chi connectivity index (χ0n) is 14.0. The largest absolute Gasteiger partial charge is 0.440 e. The Kier molecular flexibility index (Phi) is 4.10. The number of carbonyl (C=O) groups excluding carboxylic acids is 1. The van der Waals surface area contributed by atoms with Gasteiger partial charge in [0.1, 0.15) is 5.76 Å². The van der Waals surface area contributed by atoms with E-state index in [0.717, 1.165) is 4.88 Å². The van der Waals surface area contributed by atoms with Crippen LogP contribution < -0.4 is 5.32 Å². The molecule has 26 heavy (non-hydrogen) atoms. The monoisotopic (exact) mass is 366 g/mol. The van der Waals surface area contributed by atoms with Crippen molar-refractivity contribution >= 4 is 22.9 Å². The van der Waals surface area contributed by atoms with Crippen LogP contribution in [0, 0.1) is 13.8 Å². The zero-order chi connectivity index (χ0) is 18.1. The Morgan fingerprint density at radius 1 is 1.04 bits per heavy atom. The minimum Gasteiger partial charge on any atom is -0.440 e. The van der Waals surface area contributed by atoms with Crippen LogP contribution in [0.4, 0.5) is 5.69 Å². The van der Waals surface area contributed by atoms with Gasteiger partial charge in [-0.05, 0) is 30.5 Å². The summed E-state index contributed by atoms with van der Waals surface area (Å²) in [4.78, 5) is 17.9. The first-order valence-corrected chi connectivity index (χ1v) is 8.72. The molecule has 130 valence electrons. The lowest BCUT2D eigenvalue weighted by molar-refractivity contribution is 0.102. The van der Waals surface area contributed by atoms with Gasteiger partial charge in [-0.15, -0.1) is 21.5 Å². The third kappa shape index (κ3) is 3.02. The molecule has 0 saturated heterocycles. The molecular weight excluding hydrogens is 352 g/mol. The summed E-state index contributed by atoms with van der Waals surface area (Å²) < 4.78 is 11.1. The van der Waals surface area contributed by atoms with Crippen molar-refractivity contribution in [2.24, 2.45) is 0 Å². The van der Waals surface area contributed by atoms with Crippen LogP contribution in [0.3, 0.4) is 0 Å². The van der Waals surface area contributed by atoms with Gasteiger partial charge >= 0.3 is 0 Å². The first-order chi connectivity index (χ1) is 12.6. The summed E-state index contributed by atoms with van der Waals surface area (Å²) in [5.74, 6) is 1.32. The molecular formula is C18H14N4O3S. The topological polar surface area (TPSA) is 94.1 Å². The average molecular weight is 366 g/mol. The van der Waals surface area contributed by atoms with Crippen LogP contribution >= 0.6 is 11.3 Å². The van der Waals surface area contributed by atoms with Crippen molar-refractivity contribution in [3.8, 4) is 22.2 Å². The summed E-state index contributed by atoms with van der Waals surface area (Å²) in [5, 5.41) is 12.6. The molecule has 0 spiro atoms. The van der Waals surface area contributed by atoms with Crippen LogP contribution in [0.25, 0.3) is 22.2 Å². The van der Waals surface area contributed by atoms with E-state index in [1.807, 2.05) is 29.6 Å². The Bertz CT molecular complexity index is 1070. The van der Waals surface area contributed by atoms with Gasteiger partial charge < -0.3 is 14.2 Å². The maximum Gasteiger partial charge on any atom is 0.277 e. The van der Waals surface area contributed by atoms with Crippen molar-refractivity contribution in [2.75, 3.05) is 5.32 Å². The number of para-hydroxylation sites is 1.